The van der Waals surface area contributed by atoms with Gasteiger partial charge in [-0.05, 0) is 49.1 Å². The van der Waals surface area contributed by atoms with Gasteiger partial charge in [-0.3, -0.25) is 4.79 Å². The summed E-state index contributed by atoms with van der Waals surface area (Å²) in [5.74, 6) is 2.13. The lowest BCUT2D eigenvalue weighted by molar-refractivity contribution is 0.0994. The summed E-state index contributed by atoms with van der Waals surface area (Å²) in [5, 5.41) is 9.38. The Morgan fingerprint density at radius 3 is 2.27 bits per heavy atom. The van der Waals surface area contributed by atoms with Gasteiger partial charge in [0.1, 0.15) is 5.75 Å². The summed E-state index contributed by atoms with van der Waals surface area (Å²) in [6.45, 7) is 9.15. The topological polar surface area (TPSA) is 57.0 Å². The van der Waals surface area contributed by atoms with Crippen LogP contribution < -0.4 is 4.74 Å². The highest BCUT2D eigenvalue weighted by Crippen LogP contribution is 2.30. The minimum absolute atomic E-state index is 0.104. The molecular formula is C24H29N3O2S. The number of ketones is 1. The largest absolute Gasteiger partial charge is 0.497 e. The number of carbonyl (C=O) groups excluding carboxylic acids is 1. The van der Waals surface area contributed by atoms with Gasteiger partial charge in [0.05, 0.1) is 12.4 Å². The van der Waals surface area contributed by atoms with Gasteiger partial charge in [-0.15, -0.1) is 10.2 Å². The maximum atomic E-state index is 12.9. The number of nitrogens with zero attached hydrogens (tertiary/aromatic N) is 3. The standard InChI is InChI=1S/C24H29N3O2S/c1-6-18-7-9-19(10-8-18)22(28)17(4)30-24-26-25-23(27(24)15-16(2)3)20-11-13-21(29-5)14-12-20/h7-14,16-17H,6,15H2,1-5H3. The van der Waals surface area contributed by atoms with Crippen LogP contribution in [0.3, 0.4) is 0 Å². The van der Waals surface area contributed by atoms with E-state index in [0.717, 1.165) is 40.8 Å². The van der Waals surface area contributed by atoms with Gasteiger partial charge >= 0.3 is 0 Å². The van der Waals surface area contributed by atoms with E-state index in [1.165, 1.54) is 17.3 Å². The number of hydrogen-bond acceptors (Lipinski definition) is 5. The molecule has 1 heterocycles. The van der Waals surface area contributed by atoms with E-state index >= 15 is 0 Å². The Morgan fingerprint density at radius 2 is 1.70 bits per heavy atom. The van der Waals surface area contributed by atoms with Gasteiger partial charge in [-0.1, -0.05) is 56.8 Å². The van der Waals surface area contributed by atoms with Crippen LogP contribution >= 0.6 is 11.8 Å². The van der Waals surface area contributed by atoms with Crippen molar-refractivity contribution < 1.29 is 9.53 Å². The average Bonchev–Trinajstić information content (AvgIpc) is 3.14. The van der Waals surface area contributed by atoms with Crippen molar-refractivity contribution in [3.63, 3.8) is 0 Å². The Balaban J connectivity index is 1.85. The maximum absolute atomic E-state index is 12.9. The van der Waals surface area contributed by atoms with E-state index in [1.54, 1.807) is 7.11 Å². The van der Waals surface area contributed by atoms with Crippen LogP contribution in [0.1, 0.15) is 43.6 Å². The first-order chi connectivity index (χ1) is 14.4. The van der Waals surface area contributed by atoms with Gasteiger partial charge in [0.15, 0.2) is 16.8 Å². The van der Waals surface area contributed by atoms with Crippen LogP contribution in [0.2, 0.25) is 0 Å². The van der Waals surface area contributed by atoms with Gasteiger partial charge in [-0.2, -0.15) is 0 Å². The molecule has 5 nitrogen and oxygen atoms in total. The molecule has 0 aliphatic carbocycles. The summed E-state index contributed by atoms with van der Waals surface area (Å²) in [5.41, 5.74) is 2.94. The average molecular weight is 424 g/mol. The number of Topliss-reactive ketones (excluding diaryl/α,β-unsaturated/α-hetero) is 1. The third kappa shape index (κ3) is 5.11. The fourth-order valence-corrected chi connectivity index (χ4v) is 4.15. The SMILES string of the molecule is CCc1ccc(C(=O)C(C)Sc2nnc(-c3ccc(OC)cc3)n2CC(C)C)cc1. The van der Waals surface area contributed by atoms with Crippen LogP contribution in [-0.4, -0.2) is 32.9 Å². The van der Waals surface area contributed by atoms with E-state index in [1.807, 2.05) is 55.5 Å². The Bertz CT molecular complexity index is 979. The van der Waals surface area contributed by atoms with Crippen molar-refractivity contribution in [3.8, 4) is 17.1 Å². The van der Waals surface area contributed by atoms with Crippen LogP contribution in [0.25, 0.3) is 11.4 Å². The van der Waals surface area contributed by atoms with Gasteiger partial charge in [0, 0.05) is 17.7 Å². The molecule has 3 aromatic rings. The molecule has 3 rings (SSSR count). The summed E-state index contributed by atoms with van der Waals surface area (Å²) in [6, 6.07) is 15.7. The molecule has 0 fully saturated rings. The molecule has 1 aromatic heterocycles. The molecule has 0 saturated heterocycles. The van der Waals surface area contributed by atoms with Crippen molar-refractivity contribution in [2.45, 2.75) is 51.1 Å². The molecule has 1 unspecified atom stereocenters. The quantitative estimate of drug-likeness (QED) is 0.334. The second kappa shape index (κ2) is 9.94. The Kier molecular flexibility index (Phi) is 7.32. The molecule has 0 aliphatic rings. The molecule has 0 spiro atoms. The van der Waals surface area contributed by atoms with Crippen LogP contribution in [0, 0.1) is 5.92 Å². The first-order valence-electron chi connectivity index (χ1n) is 10.3. The highest BCUT2D eigenvalue weighted by atomic mass is 32.2. The van der Waals surface area contributed by atoms with Gasteiger partial charge in [-0.25, -0.2) is 0 Å². The van der Waals surface area contributed by atoms with E-state index in [2.05, 4.69) is 35.5 Å². The highest BCUT2D eigenvalue weighted by molar-refractivity contribution is 8.00. The second-order valence-corrected chi connectivity index (χ2v) is 9.02. The van der Waals surface area contributed by atoms with E-state index in [4.69, 9.17) is 4.74 Å². The normalized spacial score (nSPS) is 12.2. The second-order valence-electron chi connectivity index (χ2n) is 7.71. The monoisotopic (exact) mass is 423 g/mol. The third-order valence-corrected chi connectivity index (χ3v) is 5.99. The van der Waals surface area contributed by atoms with Crippen molar-refractivity contribution >= 4 is 17.5 Å². The lowest BCUT2D eigenvalue weighted by atomic mass is 10.1. The van der Waals surface area contributed by atoms with Crippen molar-refractivity contribution in [2.24, 2.45) is 5.92 Å². The smallest absolute Gasteiger partial charge is 0.192 e. The zero-order valence-electron chi connectivity index (χ0n) is 18.3. The van der Waals surface area contributed by atoms with Crippen molar-refractivity contribution in [2.75, 3.05) is 7.11 Å². The molecule has 6 heteroatoms. The third-order valence-electron chi connectivity index (χ3n) is 4.91. The predicted molar refractivity (Wildman–Crippen MR) is 122 cm³/mol. The minimum atomic E-state index is -0.253. The zero-order valence-corrected chi connectivity index (χ0v) is 19.1. The van der Waals surface area contributed by atoms with Gasteiger partial charge in [0.2, 0.25) is 0 Å². The molecule has 0 bridgehead atoms. The molecule has 158 valence electrons. The molecule has 30 heavy (non-hydrogen) atoms. The predicted octanol–water partition coefficient (Wildman–Crippen LogP) is 5.54. The summed E-state index contributed by atoms with van der Waals surface area (Å²) >= 11 is 1.46. The summed E-state index contributed by atoms with van der Waals surface area (Å²) in [6.07, 6.45) is 0.964. The van der Waals surface area contributed by atoms with Crippen molar-refractivity contribution in [1.29, 1.82) is 0 Å². The molecule has 0 aliphatic heterocycles. The molecule has 0 saturated carbocycles. The Morgan fingerprint density at radius 1 is 1.03 bits per heavy atom. The van der Waals surface area contributed by atoms with Crippen LogP contribution in [0.4, 0.5) is 0 Å². The Labute approximate surface area is 182 Å². The van der Waals surface area contributed by atoms with Crippen molar-refractivity contribution in [3.05, 3.63) is 59.7 Å². The van der Waals surface area contributed by atoms with Crippen LogP contribution in [0.5, 0.6) is 5.75 Å². The summed E-state index contributed by atoms with van der Waals surface area (Å²) < 4.78 is 7.37. The number of aryl methyl sites for hydroxylation is 1. The van der Waals surface area contributed by atoms with E-state index in [0.29, 0.717) is 5.92 Å². The Hall–Kier alpha value is -2.60. The van der Waals surface area contributed by atoms with Crippen LogP contribution in [-0.2, 0) is 13.0 Å². The fraction of sp³-hybridized carbons (Fsp3) is 0.375. The van der Waals surface area contributed by atoms with Crippen LogP contribution in [0.15, 0.2) is 53.7 Å². The number of thioether (sulfide) groups is 1. The number of methoxy groups -OCH3 is 1. The van der Waals surface area contributed by atoms with Gasteiger partial charge in [0.25, 0.3) is 0 Å². The maximum Gasteiger partial charge on any atom is 0.192 e. The first kappa shape index (κ1) is 22.1. The summed E-state index contributed by atoms with van der Waals surface area (Å²) in [4.78, 5) is 12.9. The number of hydrogen-bond donors (Lipinski definition) is 0. The lowest BCUT2D eigenvalue weighted by Crippen LogP contribution is -2.15. The number of rotatable bonds is 9. The zero-order chi connectivity index (χ0) is 21.7. The first-order valence-corrected chi connectivity index (χ1v) is 11.2. The minimum Gasteiger partial charge on any atom is -0.497 e. The van der Waals surface area contributed by atoms with E-state index in [-0.39, 0.29) is 11.0 Å². The molecule has 0 radical (unpaired) electrons. The molecule has 0 N–H and O–H groups in total. The number of aromatic nitrogens is 3. The fourth-order valence-electron chi connectivity index (χ4n) is 3.21. The number of ether oxygens (including phenoxy) is 1. The van der Waals surface area contributed by atoms with E-state index < -0.39 is 0 Å². The molecule has 0 amide bonds. The van der Waals surface area contributed by atoms with E-state index in [9.17, 15) is 4.79 Å². The number of benzene rings is 2. The highest BCUT2D eigenvalue weighted by Gasteiger charge is 2.22. The van der Waals surface area contributed by atoms with Crippen molar-refractivity contribution in [1.82, 2.24) is 14.8 Å². The molecule has 2 aromatic carbocycles. The molecule has 1 atom stereocenters. The number of carbonyl (C=O) groups is 1. The summed E-state index contributed by atoms with van der Waals surface area (Å²) in [7, 11) is 1.65. The van der Waals surface area contributed by atoms with Gasteiger partial charge < -0.3 is 9.30 Å². The molecular weight excluding hydrogens is 394 g/mol. The lowest BCUT2D eigenvalue weighted by Gasteiger charge is -2.15.